The Morgan fingerprint density at radius 3 is 1.45 bits per heavy atom. The van der Waals surface area contributed by atoms with E-state index >= 15 is 0 Å². The standard InChI is InChI=1S/C10H16O.2C8H13NO.2C8H12O2.C8H12OS.C7H14N2OS.C7H9NO3.C7H11NO.C7H8O3.C7H10O2.C6H9NOS.C4H8N4.CH4/c1-7(2)9-4-8(3)5-10(11)6-9;1-6(2)9-5-8(10)4-7(9)3;1-5(2)8-6(3)4-7(10)9-8;1-5(2)8-7(9)4-6(3)10-8;1-5(2)8-6(3)4-7(9)10-8;1-5(2)8-7(9)4-6(3)10-8;1-5(2)11(10)8-6(3)7(4)9-11;1-3(2)8-4-5(9)7(11)6(4)10;1-5(2)7-4-9-6(3)8-7;1-3(2)4-5(8)7(10)6(4)9;1-5(2)7-3-6(8)4-9-7;1-4(2)5-3-6(8)7-9-5;1-3(2)4-5-7-8-6-4;/h5,7,9H,4,6H2,1-3H3;4,6,10H,3,5H2,1-2H3;4-5,8H,1-3H3,(H,9,10);5,8H,3-4H2,1-2H3;4-5,8H,1-3H3;5,8H,3-4H2,1-2H3;5,7H,3H2,1-2,4H3,(H,8,9,10);3,8-9H,1-2H3;4-5,8H,3H2,1-2H3;3,8H,1-2H3;3-5,8H,1-2H3;3-4H,1-2H3,(H,7,8);3H,1-2H3,(H,5,6,7,8);1H4. The van der Waals surface area contributed by atoms with Crippen LogP contribution in [0.2, 0.25) is 0 Å². The molecule has 8 aliphatic rings. The number of allylic oxidation sites excluding steroid dienone is 6. The predicted octanol–water partition coefficient (Wildman–Crippen LogP) is 18.0. The molecule has 1 aliphatic carbocycles. The number of Topliss-reactive ketones (excluding diaryl/α,β-unsaturated/α-hetero) is 2. The van der Waals surface area contributed by atoms with Gasteiger partial charge in [-0.2, -0.15) is 9.58 Å². The van der Waals surface area contributed by atoms with Crippen molar-refractivity contribution in [3.05, 3.63) is 211 Å². The summed E-state index contributed by atoms with van der Waals surface area (Å²) in [5, 5.41) is 57.6. The second kappa shape index (κ2) is 56.4. The number of amides is 1. The molecular formula is C96H151N11O19S3. The fourth-order valence-corrected chi connectivity index (χ4v) is 15.7. The van der Waals surface area contributed by atoms with Gasteiger partial charge in [0.15, 0.2) is 52.4 Å². The Labute approximate surface area is 773 Å². The maximum Gasteiger partial charge on any atom is 0.331 e. The van der Waals surface area contributed by atoms with E-state index in [4.69, 9.17) is 39.1 Å². The monoisotopic (exact) mass is 1860 g/mol. The van der Waals surface area contributed by atoms with E-state index < -0.39 is 37.4 Å². The summed E-state index contributed by atoms with van der Waals surface area (Å²) in [5.41, 5.74) is 3.77. The Morgan fingerprint density at radius 2 is 1.21 bits per heavy atom. The average molecular weight is 1860 g/mol. The number of aromatic amines is 2. The Morgan fingerprint density at radius 1 is 0.620 bits per heavy atom. The van der Waals surface area contributed by atoms with Gasteiger partial charge >= 0.3 is 5.97 Å². The van der Waals surface area contributed by atoms with Crippen LogP contribution in [0, 0.1) is 41.4 Å². The number of aromatic nitrogens is 5. The van der Waals surface area contributed by atoms with Crippen LogP contribution in [0.5, 0.6) is 17.2 Å². The van der Waals surface area contributed by atoms with Gasteiger partial charge in [0.05, 0.1) is 58.3 Å². The van der Waals surface area contributed by atoms with Crippen LogP contribution in [0.25, 0.3) is 0 Å². The zero-order valence-electron chi connectivity index (χ0n) is 81.0. The third kappa shape index (κ3) is 41.2. The van der Waals surface area contributed by atoms with Crippen LogP contribution in [-0.2, 0) is 48.1 Å². The highest BCUT2D eigenvalue weighted by Crippen LogP contribution is 2.37. The highest BCUT2D eigenvalue weighted by molar-refractivity contribution is 8.04. The van der Waals surface area contributed by atoms with Crippen LogP contribution in [0.4, 0.5) is 5.69 Å². The van der Waals surface area contributed by atoms with Gasteiger partial charge in [-0.05, 0) is 158 Å². The van der Waals surface area contributed by atoms with Crippen molar-refractivity contribution in [1.29, 1.82) is 0 Å². The topological polar surface area (TPSA) is 443 Å². The van der Waals surface area contributed by atoms with Crippen molar-refractivity contribution >= 4 is 68.1 Å². The summed E-state index contributed by atoms with van der Waals surface area (Å²) in [6.45, 7) is 79.3. The number of tetrazole rings is 1. The minimum absolute atomic E-state index is 0. The number of carbonyl (C=O) groups excluding carboxylic acids is 5. The number of ketones is 3. The lowest BCUT2D eigenvalue weighted by molar-refractivity contribution is -0.140. The van der Waals surface area contributed by atoms with E-state index in [0.717, 1.165) is 56.7 Å². The molecule has 30 nitrogen and oxygen atoms in total. The lowest BCUT2D eigenvalue weighted by atomic mass is 9.81. The van der Waals surface area contributed by atoms with Gasteiger partial charge in [0, 0.05) is 77.7 Å². The summed E-state index contributed by atoms with van der Waals surface area (Å²) in [4.78, 5) is 112. The second-order valence-corrected chi connectivity index (χ2v) is 40.7. The number of H-pyrrole nitrogens is 2. The summed E-state index contributed by atoms with van der Waals surface area (Å²) >= 11 is 3.06. The van der Waals surface area contributed by atoms with Gasteiger partial charge in [0.1, 0.15) is 45.8 Å². The molecule has 5 aromatic rings. The first-order valence-electron chi connectivity index (χ1n) is 43.3. The first kappa shape index (κ1) is 119. The fraction of sp³-hybridized carbons (Fsp3) is 0.573. The largest absolute Gasteiger partial charge is 0.510 e. The van der Waals surface area contributed by atoms with Crippen molar-refractivity contribution in [2.24, 2.45) is 45.8 Å². The van der Waals surface area contributed by atoms with Crippen LogP contribution in [0.3, 0.4) is 0 Å². The first-order chi connectivity index (χ1) is 59.1. The normalized spacial score (nSPS) is 19.9. The summed E-state index contributed by atoms with van der Waals surface area (Å²) in [6.07, 6.45) is 12.4. The summed E-state index contributed by atoms with van der Waals surface area (Å²) in [5.74, 6) is 7.83. The number of hydrogen-bond donors (Lipinski definition) is 10. The molecule has 10 N–H and O–H groups in total. The van der Waals surface area contributed by atoms with Crippen molar-refractivity contribution in [3.63, 3.8) is 0 Å². The van der Waals surface area contributed by atoms with E-state index in [9.17, 15) is 52.2 Å². The number of ether oxygens (including phenoxy) is 3. The second-order valence-electron chi connectivity index (χ2n) is 36.0. The van der Waals surface area contributed by atoms with Gasteiger partial charge in [-0.1, -0.05) is 195 Å². The first-order valence-corrected chi connectivity index (χ1v) is 46.6. The molecule has 0 bridgehead atoms. The summed E-state index contributed by atoms with van der Waals surface area (Å²) in [6, 6.07) is 4.08. The molecule has 0 spiro atoms. The van der Waals surface area contributed by atoms with Crippen LogP contribution in [0.15, 0.2) is 171 Å². The quantitative estimate of drug-likeness (QED) is 0.0365. The number of cyclic esters (lactones) is 1. The van der Waals surface area contributed by atoms with Gasteiger partial charge in [-0.25, -0.2) is 13.7 Å². The highest BCUT2D eigenvalue weighted by atomic mass is 32.2. The highest BCUT2D eigenvalue weighted by Gasteiger charge is 2.33. The van der Waals surface area contributed by atoms with Crippen molar-refractivity contribution < 1.29 is 67.2 Å². The number of esters is 1. The summed E-state index contributed by atoms with van der Waals surface area (Å²) in [7, 11) is -2.19. The molecule has 722 valence electrons. The molecule has 7 atom stereocenters. The van der Waals surface area contributed by atoms with Gasteiger partial charge in [-0.3, -0.25) is 47.5 Å². The van der Waals surface area contributed by atoms with Crippen molar-refractivity contribution in [2.45, 2.75) is 311 Å². The molecule has 3 aromatic heterocycles. The van der Waals surface area contributed by atoms with E-state index in [0.29, 0.717) is 113 Å². The molecule has 13 rings (SSSR count). The number of nitrogens with one attached hydrogen (secondary N) is 6. The Kier molecular flexibility index (Phi) is 51.9. The van der Waals surface area contributed by atoms with Gasteiger partial charge < -0.3 is 59.9 Å². The molecule has 2 saturated heterocycles. The third-order valence-corrected chi connectivity index (χ3v) is 24.8. The molecule has 0 radical (unpaired) electrons. The van der Waals surface area contributed by atoms with E-state index in [2.05, 4.69) is 171 Å². The number of thioether (sulfide) groups is 1. The van der Waals surface area contributed by atoms with Gasteiger partial charge in [0.2, 0.25) is 11.3 Å². The maximum absolute atomic E-state index is 11.8. The smallest absolute Gasteiger partial charge is 0.331 e. The van der Waals surface area contributed by atoms with Gasteiger partial charge in [-0.15, -0.1) is 22.0 Å². The van der Waals surface area contributed by atoms with Crippen molar-refractivity contribution in [1.82, 2.24) is 45.3 Å². The zero-order valence-corrected chi connectivity index (χ0v) is 83.5. The number of aromatic hydroxyl groups is 3. The number of aliphatic hydroxyl groups is 1. The summed E-state index contributed by atoms with van der Waals surface area (Å²) < 4.78 is 41.5. The number of aliphatic hydroxyl groups excluding tert-OH is 1. The molecule has 129 heavy (non-hydrogen) atoms. The molecule has 1 amide bonds. The Balaban J connectivity index is 0.00000138. The zero-order chi connectivity index (χ0) is 98.7. The van der Waals surface area contributed by atoms with Crippen LogP contribution in [-0.4, -0.2) is 137 Å². The van der Waals surface area contributed by atoms with E-state index in [-0.39, 0.29) is 106 Å². The molecule has 10 heterocycles. The lowest BCUT2D eigenvalue weighted by Gasteiger charge is -2.23. The van der Waals surface area contributed by atoms with Crippen molar-refractivity contribution in [3.8, 4) is 17.2 Å². The number of carbonyl (C=O) groups is 5. The number of hydrogen-bond acceptors (Lipinski definition) is 28. The number of anilines is 1. The molecule has 2 fully saturated rings. The Hall–Kier alpha value is -10.3. The van der Waals surface area contributed by atoms with Crippen molar-refractivity contribution in [2.75, 3.05) is 11.9 Å². The number of nitrogens with zero attached hydrogens (tertiary/aromatic N) is 5. The molecular weight excluding hydrogens is 1710 g/mol. The van der Waals surface area contributed by atoms with Gasteiger partial charge in [0.25, 0.3) is 21.8 Å². The number of furan rings is 1. The molecule has 0 saturated carbocycles. The SMILES string of the molecule is C.C=C1C=C(O)CN1C(C)C.C=C1CC(=O)C(C(C)C)O1.C=C1CC(=O)C(C(C)C)S1.C=C1N=S(=O)(C(C)C)NC1C.C=C1NC(C(C)C)=CO1.CC(C)Nc1c(O)c(=O)c1=O.CC(C)c1c(O)c(=O)c1=O.CC(C)c1cc(=O)[nH]s1.CC(C)c1cc(O)co1.CC(C)c1nn[nH]n1.CC1=CC(=O)CC(C(C)C)C1.CC1=CC(=O)NC1C(C)C.CC1=CC(=O)OC1C(C)C. The third-order valence-electron chi connectivity index (χ3n) is 19.6. The maximum atomic E-state index is 11.8. The molecule has 33 heteroatoms. The van der Waals surface area contributed by atoms with E-state index in [1.807, 2.05) is 111 Å². The minimum Gasteiger partial charge on any atom is -0.510 e. The molecule has 7 aliphatic heterocycles. The molecule has 7 unspecified atom stereocenters. The number of rotatable bonds is 14. The minimum atomic E-state index is -2.19. The molecule has 2 aromatic carbocycles. The lowest BCUT2D eigenvalue weighted by Crippen LogP contribution is -2.34. The van der Waals surface area contributed by atoms with E-state index in [1.165, 1.54) is 23.4 Å². The van der Waals surface area contributed by atoms with E-state index in [1.54, 1.807) is 68.3 Å². The van der Waals surface area contributed by atoms with Crippen LogP contribution in [0.1, 0.15) is 287 Å². The Bertz CT molecular complexity index is 4940. The average Bonchev–Trinajstić information content (AvgIpc) is 1.22. The fourth-order valence-electron chi connectivity index (χ4n) is 12.2. The van der Waals surface area contributed by atoms with Crippen LogP contribution < -0.4 is 47.9 Å². The predicted molar refractivity (Wildman–Crippen MR) is 522 cm³/mol. The van der Waals surface area contributed by atoms with Crippen LogP contribution >= 0.6 is 23.3 Å².